The summed E-state index contributed by atoms with van der Waals surface area (Å²) in [6.45, 7) is 2.06. The molecule has 4 rings (SSSR count). The first kappa shape index (κ1) is 21.6. The molecule has 6 heteroatoms. The van der Waals surface area contributed by atoms with E-state index < -0.39 is 5.82 Å². The number of nitrogens with one attached hydrogen (secondary N) is 2. The first-order valence-electron chi connectivity index (χ1n) is 10.6. The average Bonchev–Trinajstić information content (AvgIpc) is 3.63. The molecule has 0 unspecified atom stereocenters. The van der Waals surface area contributed by atoms with E-state index in [-0.39, 0.29) is 17.9 Å². The largest absolute Gasteiger partial charge is 0.497 e. The minimum absolute atomic E-state index is 0.199. The molecule has 3 aromatic carbocycles. The summed E-state index contributed by atoms with van der Waals surface area (Å²) in [6.07, 6.45) is 1.93. The van der Waals surface area contributed by atoms with Crippen molar-refractivity contribution in [1.82, 2.24) is 10.6 Å². The lowest BCUT2D eigenvalue weighted by Crippen LogP contribution is -2.25. The summed E-state index contributed by atoms with van der Waals surface area (Å²) in [5.41, 5.74) is 3.57. The van der Waals surface area contributed by atoms with Crippen molar-refractivity contribution in [2.45, 2.75) is 32.4 Å². The van der Waals surface area contributed by atoms with E-state index in [1.54, 1.807) is 44.4 Å². The molecule has 0 saturated heterocycles. The van der Waals surface area contributed by atoms with E-state index in [0.29, 0.717) is 28.8 Å². The Morgan fingerprint density at radius 1 is 1.00 bits per heavy atom. The topological polar surface area (TPSA) is 67.4 Å². The van der Waals surface area contributed by atoms with Crippen LogP contribution in [0.2, 0.25) is 0 Å². The minimum atomic E-state index is -0.427. The molecule has 1 saturated carbocycles. The van der Waals surface area contributed by atoms with Gasteiger partial charge in [0.05, 0.1) is 7.11 Å². The van der Waals surface area contributed by atoms with Crippen LogP contribution in [-0.4, -0.2) is 25.0 Å². The van der Waals surface area contributed by atoms with Crippen LogP contribution in [0.4, 0.5) is 4.39 Å². The molecule has 0 aliphatic heterocycles. The number of benzene rings is 3. The lowest BCUT2D eigenvalue weighted by molar-refractivity contribution is 0.0942. The van der Waals surface area contributed by atoms with Gasteiger partial charge in [-0.3, -0.25) is 9.59 Å². The van der Waals surface area contributed by atoms with E-state index in [4.69, 9.17) is 4.74 Å². The summed E-state index contributed by atoms with van der Waals surface area (Å²) in [5.74, 6) is -0.165. The highest BCUT2D eigenvalue weighted by Crippen LogP contribution is 2.28. The number of carbonyl (C=O) groups excluding carboxylic acids is 2. The predicted molar refractivity (Wildman–Crippen MR) is 121 cm³/mol. The highest BCUT2D eigenvalue weighted by Gasteiger charge is 2.24. The Hall–Kier alpha value is -3.67. The van der Waals surface area contributed by atoms with Crippen molar-refractivity contribution >= 4 is 11.8 Å². The Bertz CT molecular complexity index is 1150. The van der Waals surface area contributed by atoms with Crippen molar-refractivity contribution in [1.29, 1.82) is 0 Å². The number of methoxy groups -OCH3 is 1. The molecule has 32 heavy (non-hydrogen) atoms. The van der Waals surface area contributed by atoms with E-state index in [0.717, 1.165) is 29.7 Å². The first-order valence-corrected chi connectivity index (χ1v) is 10.6. The zero-order chi connectivity index (χ0) is 22.7. The number of amides is 2. The molecule has 1 fully saturated rings. The molecule has 0 bridgehead atoms. The highest BCUT2D eigenvalue weighted by molar-refractivity contribution is 5.97. The molecule has 0 heterocycles. The van der Waals surface area contributed by atoms with Crippen LogP contribution in [-0.2, 0) is 6.54 Å². The van der Waals surface area contributed by atoms with E-state index in [2.05, 4.69) is 10.6 Å². The fourth-order valence-electron chi connectivity index (χ4n) is 3.47. The third-order valence-electron chi connectivity index (χ3n) is 5.56. The van der Waals surface area contributed by atoms with Crippen molar-refractivity contribution < 1.29 is 18.7 Å². The molecule has 0 radical (unpaired) electrons. The fourth-order valence-corrected chi connectivity index (χ4v) is 3.47. The molecule has 164 valence electrons. The molecule has 3 aromatic rings. The van der Waals surface area contributed by atoms with Gasteiger partial charge in [-0.05, 0) is 78.4 Å². The summed E-state index contributed by atoms with van der Waals surface area (Å²) < 4.78 is 19.7. The lowest BCUT2D eigenvalue weighted by Gasteiger charge is -2.12. The maximum absolute atomic E-state index is 14.5. The van der Waals surface area contributed by atoms with Crippen LogP contribution < -0.4 is 15.4 Å². The molecular formula is C26H25FN2O3. The normalized spacial score (nSPS) is 12.8. The third-order valence-corrected chi connectivity index (χ3v) is 5.56. The van der Waals surface area contributed by atoms with Gasteiger partial charge in [0.15, 0.2) is 0 Å². The fraction of sp³-hybridized carbons (Fsp3) is 0.231. The number of ether oxygens (including phenoxy) is 1. The zero-order valence-electron chi connectivity index (χ0n) is 18.1. The predicted octanol–water partition coefficient (Wildman–Crippen LogP) is 4.63. The van der Waals surface area contributed by atoms with Gasteiger partial charge >= 0.3 is 0 Å². The maximum atomic E-state index is 14.5. The molecular weight excluding hydrogens is 407 g/mol. The Balaban J connectivity index is 1.48. The molecule has 1 aliphatic carbocycles. The van der Waals surface area contributed by atoms with Crippen molar-refractivity contribution in [2.24, 2.45) is 0 Å². The van der Waals surface area contributed by atoms with Crippen molar-refractivity contribution in [3.63, 3.8) is 0 Å². The van der Waals surface area contributed by atoms with Gasteiger partial charge < -0.3 is 15.4 Å². The third kappa shape index (κ3) is 4.97. The molecule has 5 nitrogen and oxygen atoms in total. The van der Waals surface area contributed by atoms with Gasteiger partial charge in [0, 0.05) is 23.7 Å². The van der Waals surface area contributed by atoms with E-state index in [1.165, 1.54) is 6.07 Å². The van der Waals surface area contributed by atoms with Crippen molar-refractivity contribution in [3.05, 3.63) is 88.7 Å². The van der Waals surface area contributed by atoms with Gasteiger partial charge in [-0.15, -0.1) is 0 Å². The van der Waals surface area contributed by atoms with Crippen LogP contribution in [0.25, 0.3) is 11.1 Å². The molecule has 0 spiro atoms. The Labute approximate surface area is 186 Å². The van der Waals surface area contributed by atoms with Gasteiger partial charge in [0.25, 0.3) is 11.8 Å². The summed E-state index contributed by atoms with van der Waals surface area (Å²) >= 11 is 0. The van der Waals surface area contributed by atoms with Crippen LogP contribution in [0.3, 0.4) is 0 Å². The molecule has 0 aromatic heterocycles. The van der Waals surface area contributed by atoms with E-state index in [9.17, 15) is 14.0 Å². The van der Waals surface area contributed by atoms with Crippen LogP contribution in [0.5, 0.6) is 5.75 Å². The number of halogens is 1. The second-order valence-electron chi connectivity index (χ2n) is 7.99. The van der Waals surface area contributed by atoms with Crippen LogP contribution >= 0.6 is 0 Å². The van der Waals surface area contributed by atoms with Crippen LogP contribution in [0.1, 0.15) is 44.7 Å². The standard InChI is InChI=1S/C26H25FN2O3/c1-16-23(13-20(14-24(16)27)26(31)29-21-10-11-21)18-6-8-19(9-7-18)25(30)28-15-17-4-3-5-22(12-17)32-2/h3-9,12-14,21H,10-11,15H2,1-2H3,(H,28,30)(H,29,31). The molecule has 2 N–H and O–H groups in total. The van der Waals surface area contributed by atoms with Crippen molar-refractivity contribution in [2.75, 3.05) is 7.11 Å². The minimum Gasteiger partial charge on any atom is -0.497 e. The average molecular weight is 432 g/mol. The quantitative estimate of drug-likeness (QED) is 0.572. The Kier molecular flexibility index (Phi) is 6.21. The number of hydrogen-bond acceptors (Lipinski definition) is 3. The van der Waals surface area contributed by atoms with Gasteiger partial charge in [-0.2, -0.15) is 0 Å². The Morgan fingerprint density at radius 3 is 2.44 bits per heavy atom. The smallest absolute Gasteiger partial charge is 0.251 e. The van der Waals surface area contributed by atoms with Gasteiger partial charge in [-0.25, -0.2) is 4.39 Å². The monoisotopic (exact) mass is 432 g/mol. The Morgan fingerprint density at radius 2 is 1.75 bits per heavy atom. The van der Waals surface area contributed by atoms with Gasteiger partial charge in [0.2, 0.25) is 0 Å². The summed E-state index contributed by atoms with van der Waals surface area (Å²) in [4.78, 5) is 24.9. The summed E-state index contributed by atoms with van der Waals surface area (Å²) in [6, 6.07) is 17.6. The van der Waals surface area contributed by atoms with Crippen molar-refractivity contribution in [3.8, 4) is 16.9 Å². The number of rotatable bonds is 7. The number of hydrogen-bond donors (Lipinski definition) is 2. The molecule has 1 aliphatic rings. The zero-order valence-corrected chi connectivity index (χ0v) is 18.1. The van der Waals surface area contributed by atoms with Gasteiger partial charge in [0.1, 0.15) is 11.6 Å². The van der Waals surface area contributed by atoms with Crippen LogP contribution in [0.15, 0.2) is 60.7 Å². The second kappa shape index (κ2) is 9.22. The summed E-state index contributed by atoms with van der Waals surface area (Å²) in [5, 5.41) is 5.77. The van der Waals surface area contributed by atoms with Crippen LogP contribution in [0, 0.1) is 12.7 Å². The number of carbonyl (C=O) groups is 2. The maximum Gasteiger partial charge on any atom is 0.251 e. The molecule has 0 atom stereocenters. The van der Waals surface area contributed by atoms with Gasteiger partial charge in [-0.1, -0.05) is 24.3 Å². The first-order chi connectivity index (χ1) is 15.4. The van der Waals surface area contributed by atoms with E-state index >= 15 is 0 Å². The second-order valence-corrected chi connectivity index (χ2v) is 7.99. The lowest BCUT2D eigenvalue weighted by atomic mass is 9.96. The molecule has 2 amide bonds. The highest BCUT2D eigenvalue weighted by atomic mass is 19.1. The van der Waals surface area contributed by atoms with E-state index in [1.807, 2.05) is 24.3 Å². The summed E-state index contributed by atoms with van der Waals surface area (Å²) in [7, 11) is 1.60. The SMILES string of the molecule is COc1cccc(CNC(=O)c2ccc(-c3cc(C(=O)NC4CC4)cc(F)c3C)cc2)c1.